The molecule has 0 aliphatic carbocycles. The Morgan fingerprint density at radius 2 is 1.42 bits per heavy atom. The van der Waals surface area contributed by atoms with E-state index in [1.54, 1.807) is 24.3 Å². The first-order valence-corrected chi connectivity index (χ1v) is 11.3. The zero-order valence-electron chi connectivity index (χ0n) is 20.1. The van der Waals surface area contributed by atoms with Crippen molar-refractivity contribution in [2.75, 3.05) is 0 Å². The number of esters is 1. The second-order valence-corrected chi connectivity index (χ2v) is 9.53. The fourth-order valence-electron chi connectivity index (χ4n) is 3.77. The molecule has 1 N–H and O–H groups in total. The summed E-state index contributed by atoms with van der Waals surface area (Å²) < 4.78 is 5.73. The fraction of sp³-hybridized carbons (Fsp3) is 0.310. The number of benzene rings is 3. The Bertz CT molecular complexity index is 1080. The molecule has 1 unspecified atom stereocenters. The average molecular weight is 444 g/mol. The zero-order chi connectivity index (χ0) is 24.0. The van der Waals surface area contributed by atoms with E-state index in [0.29, 0.717) is 12.0 Å². The Hall–Kier alpha value is -3.40. The van der Waals surface area contributed by atoms with Gasteiger partial charge in [-0.05, 0) is 59.2 Å². The zero-order valence-corrected chi connectivity index (χ0v) is 20.1. The highest BCUT2D eigenvalue weighted by Gasteiger charge is 2.24. The van der Waals surface area contributed by atoms with Crippen LogP contribution in [0.3, 0.4) is 0 Å². The number of carbonyl (C=O) groups is 2. The van der Waals surface area contributed by atoms with Crippen LogP contribution in [0.25, 0.3) is 0 Å². The summed E-state index contributed by atoms with van der Waals surface area (Å²) in [5, 5.41) is 2.86. The predicted molar refractivity (Wildman–Crippen MR) is 132 cm³/mol. The van der Waals surface area contributed by atoms with Crippen LogP contribution in [0.2, 0.25) is 0 Å². The first kappa shape index (κ1) is 24.2. The van der Waals surface area contributed by atoms with Crippen LogP contribution in [-0.2, 0) is 28.0 Å². The second-order valence-electron chi connectivity index (χ2n) is 9.53. The van der Waals surface area contributed by atoms with E-state index in [9.17, 15) is 9.59 Å². The minimum Gasteiger partial charge on any atom is -0.459 e. The molecule has 0 saturated heterocycles. The molecule has 0 saturated carbocycles. The topological polar surface area (TPSA) is 55.4 Å². The van der Waals surface area contributed by atoms with Crippen molar-refractivity contribution in [3.63, 3.8) is 0 Å². The number of ether oxygens (including phenoxy) is 1. The van der Waals surface area contributed by atoms with E-state index in [0.717, 1.165) is 22.3 Å². The van der Waals surface area contributed by atoms with Crippen LogP contribution in [0, 0.1) is 13.8 Å². The van der Waals surface area contributed by atoms with Gasteiger partial charge in [0.15, 0.2) is 0 Å². The van der Waals surface area contributed by atoms with Crippen molar-refractivity contribution in [2.24, 2.45) is 0 Å². The molecular formula is C29H33NO3. The van der Waals surface area contributed by atoms with Crippen molar-refractivity contribution in [1.82, 2.24) is 5.32 Å². The van der Waals surface area contributed by atoms with Gasteiger partial charge in [0.1, 0.15) is 12.6 Å². The van der Waals surface area contributed by atoms with Gasteiger partial charge >= 0.3 is 5.97 Å². The molecule has 0 aromatic heterocycles. The number of hydrogen-bond acceptors (Lipinski definition) is 3. The normalized spacial score (nSPS) is 12.2. The summed E-state index contributed by atoms with van der Waals surface area (Å²) in [6, 6.07) is 22.1. The quantitative estimate of drug-likeness (QED) is 0.478. The third kappa shape index (κ3) is 6.55. The third-order valence-corrected chi connectivity index (χ3v) is 5.83. The lowest BCUT2D eigenvalue weighted by Gasteiger charge is -2.23. The fourth-order valence-corrected chi connectivity index (χ4v) is 3.77. The highest BCUT2D eigenvalue weighted by atomic mass is 16.5. The number of carbonyl (C=O) groups excluding carboxylic acids is 2. The molecule has 1 atom stereocenters. The van der Waals surface area contributed by atoms with E-state index < -0.39 is 12.0 Å². The summed E-state index contributed by atoms with van der Waals surface area (Å²) in [7, 11) is 0. The molecule has 172 valence electrons. The van der Waals surface area contributed by atoms with Gasteiger partial charge in [0.05, 0.1) is 0 Å². The summed E-state index contributed by atoms with van der Waals surface area (Å²) in [5.74, 6) is -0.739. The largest absolute Gasteiger partial charge is 0.459 e. The third-order valence-electron chi connectivity index (χ3n) is 5.83. The minimum atomic E-state index is -0.783. The Labute approximate surface area is 197 Å². The summed E-state index contributed by atoms with van der Waals surface area (Å²) in [6.07, 6.45) is 0.360. The molecule has 0 bridgehead atoms. The average Bonchev–Trinajstić information content (AvgIpc) is 2.78. The highest BCUT2D eigenvalue weighted by molar-refractivity contribution is 5.96. The molecule has 1 amide bonds. The van der Waals surface area contributed by atoms with E-state index in [2.05, 4.69) is 38.2 Å². The maximum Gasteiger partial charge on any atom is 0.329 e. The summed E-state index contributed by atoms with van der Waals surface area (Å²) in [4.78, 5) is 25.8. The van der Waals surface area contributed by atoms with Crippen LogP contribution in [0.5, 0.6) is 0 Å². The van der Waals surface area contributed by atoms with E-state index in [4.69, 9.17) is 4.74 Å². The lowest BCUT2D eigenvalue weighted by molar-refractivity contribution is -0.147. The lowest BCUT2D eigenvalue weighted by Crippen LogP contribution is -2.43. The molecule has 0 spiro atoms. The predicted octanol–water partition coefficient (Wildman–Crippen LogP) is 5.69. The van der Waals surface area contributed by atoms with Crippen LogP contribution in [-0.4, -0.2) is 17.9 Å². The first-order chi connectivity index (χ1) is 15.6. The maximum atomic E-state index is 13.1. The summed E-state index contributed by atoms with van der Waals surface area (Å²) >= 11 is 0. The molecule has 33 heavy (non-hydrogen) atoms. The van der Waals surface area contributed by atoms with Crippen LogP contribution >= 0.6 is 0 Å². The molecular weight excluding hydrogens is 410 g/mol. The van der Waals surface area contributed by atoms with Crippen molar-refractivity contribution in [3.8, 4) is 0 Å². The smallest absolute Gasteiger partial charge is 0.329 e. The Morgan fingerprint density at radius 1 is 0.879 bits per heavy atom. The molecule has 3 aromatic rings. The van der Waals surface area contributed by atoms with Crippen molar-refractivity contribution < 1.29 is 14.3 Å². The van der Waals surface area contributed by atoms with Gasteiger partial charge in [-0.2, -0.15) is 0 Å². The Morgan fingerprint density at radius 3 is 1.97 bits per heavy atom. The van der Waals surface area contributed by atoms with Crippen LogP contribution < -0.4 is 5.32 Å². The molecule has 3 aromatic carbocycles. The molecule has 3 rings (SSSR count). The molecule has 0 heterocycles. The number of aryl methyl sites for hydroxylation is 2. The van der Waals surface area contributed by atoms with Crippen molar-refractivity contribution in [2.45, 2.75) is 59.1 Å². The maximum absolute atomic E-state index is 13.1. The van der Waals surface area contributed by atoms with Crippen molar-refractivity contribution in [3.05, 3.63) is 106 Å². The van der Waals surface area contributed by atoms with Gasteiger partial charge < -0.3 is 10.1 Å². The second kappa shape index (κ2) is 10.5. The number of nitrogens with one attached hydrogen (secondary N) is 1. The van der Waals surface area contributed by atoms with Gasteiger partial charge in [0.25, 0.3) is 5.91 Å². The number of hydrogen-bond donors (Lipinski definition) is 1. The van der Waals surface area contributed by atoms with E-state index in [1.807, 2.05) is 50.2 Å². The Kier molecular flexibility index (Phi) is 7.70. The molecule has 0 radical (unpaired) electrons. The van der Waals surface area contributed by atoms with Gasteiger partial charge in [0, 0.05) is 12.0 Å². The number of amides is 1. The summed E-state index contributed by atoms with van der Waals surface area (Å²) in [6.45, 7) is 10.8. The van der Waals surface area contributed by atoms with Crippen LogP contribution in [0.1, 0.15) is 58.9 Å². The lowest BCUT2D eigenvalue weighted by atomic mass is 9.84. The van der Waals surface area contributed by atoms with E-state index in [-0.39, 0.29) is 17.9 Å². The molecule has 4 nitrogen and oxygen atoms in total. The SMILES string of the molecule is Cc1cc(C(C)(C)C)cc(C)c1COC(=O)C(Cc1ccccc1)NC(=O)c1ccccc1. The first-order valence-electron chi connectivity index (χ1n) is 11.3. The molecule has 0 aliphatic heterocycles. The molecule has 4 heteroatoms. The monoisotopic (exact) mass is 443 g/mol. The van der Waals surface area contributed by atoms with Crippen LogP contribution in [0.4, 0.5) is 0 Å². The van der Waals surface area contributed by atoms with Gasteiger partial charge in [-0.15, -0.1) is 0 Å². The van der Waals surface area contributed by atoms with Crippen molar-refractivity contribution >= 4 is 11.9 Å². The minimum absolute atomic E-state index is 0.0488. The van der Waals surface area contributed by atoms with Gasteiger partial charge in [-0.1, -0.05) is 81.4 Å². The van der Waals surface area contributed by atoms with E-state index in [1.165, 1.54) is 5.56 Å². The van der Waals surface area contributed by atoms with Gasteiger partial charge in [0.2, 0.25) is 0 Å². The molecule has 0 fully saturated rings. The van der Waals surface area contributed by atoms with Gasteiger partial charge in [-0.3, -0.25) is 4.79 Å². The molecule has 0 aliphatic rings. The Balaban J connectivity index is 1.76. The summed E-state index contributed by atoms with van der Waals surface area (Å²) in [5.41, 5.74) is 5.96. The van der Waals surface area contributed by atoms with Crippen LogP contribution in [0.15, 0.2) is 72.8 Å². The van der Waals surface area contributed by atoms with E-state index >= 15 is 0 Å². The van der Waals surface area contributed by atoms with Crippen molar-refractivity contribution in [1.29, 1.82) is 0 Å². The highest BCUT2D eigenvalue weighted by Crippen LogP contribution is 2.27. The van der Waals surface area contributed by atoms with Gasteiger partial charge in [-0.25, -0.2) is 4.79 Å². The number of rotatable bonds is 7. The standard InChI is InChI=1S/C29H33NO3/c1-20-16-24(29(3,4)5)17-21(2)25(20)19-33-28(32)26(18-22-12-8-6-9-13-22)30-27(31)23-14-10-7-11-15-23/h6-17,26H,18-19H2,1-5H3,(H,30,31).